The molecule has 6 heteroatoms. The molecule has 0 radical (unpaired) electrons. The van der Waals surface area contributed by atoms with Crippen molar-refractivity contribution in [3.8, 4) is 5.88 Å². The molecule has 0 fully saturated rings. The van der Waals surface area contributed by atoms with Gasteiger partial charge < -0.3 is 9.84 Å². The maximum absolute atomic E-state index is 10.4. The Bertz CT molecular complexity index is 544. The molecule has 18 heavy (non-hydrogen) atoms. The van der Waals surface area contributed by atoms with E-state index < -0.39 is 6.10 Å². The Morgan fingerprint density at radius 3 is 2.78 bits per heavy atom. The van der Waals surface area contributed by atoms with E-state index in [-0.39, 0.29) is 0 Å². The molecule has 98 valence electrons. The summed E-state index contributed by atoms with van der Waals surface area (Å²) in [5.41, 5.74) is 2.19. The Morgan fingerprint density at radius 2 is 2.22 bits per heavy atom. The van der Waals surface area contributed by atoms with E-state index >= 15 is 0 Å². The van der Waals surface area contributed by atoms with Gasteiger partial charge in [-0.3, -0.25) is 4.68 Å². The molecule has 0 aliphatic heterocycles. The Balaban J connectivity index is 2.41. The third-order valence-corrected chi connectivity index (χ3v) is 2.97. The van der Waals surface area contributed by atoms with Crippen LogP contribution in [0.25, 0.3) is 0 Å². The zero-order valence-electron chi connectivity index (χ0n) is 11.1. The van der Waals surface area contributed by atoms with E-state index in [9.17, 15) is 5.11 Å². The summed E-state index contributed by atoms with van der Waals surface area (Å²) in [5, 5.41) is 18.8. The predicted molar refractivity (Wildman–Crippen MR) is 66.5 cm³/mol. The van der Waals surface area contributed by atoms with Crippen molar-refractivity contribution in [2.45, 2.75) is 26.5 Å². The lowest BCUT2D eigenvalue weighted by molar-refractivity contribution is 0.212. The maximum atomic E-state index is 10.4. The number of hydrogen-bond acceptors (Lipinski definition) is 4. The van der Waals surface area contributed by atoms with Crippen molar-refractivity contribution in [1.29, 1.82) is 0 Å². The lowest BCUT2D eigenvalue weighted by Crippen LogP contribution is -2.03. The van der Waals surface area contributed by atoms with Crippen LogP contribution in [0.1, 0.15) is 29.8 Å². The summed E-state index contributed by atoms with van der Waals surface area (Å²) in [5.74, 6) is 0.573. The van der Waals surface area contributed by atoms with Crippen molar-refractivity contribution < 1.29 is 9.84 Å². The Hall–Kier alpha value is -1.82. The van der Waals surface area contributed by atoms with Crippen LogP contribution in [0.3, 0.4) is 0 Å². The highest BCUT2D eigenvalue weighted by Gasteiger charge is 2.23. The Kier molecular flexibility index (Phi) is 3.38. The molecule has 1 N–H and O–H groups in total. The van der Waals surface area contributed by atoms with Gasteiger partial charge in [0.1, 0.15) is 6.10 Å². The molecular formula is C12H18N4O2. The number of hydrogen-bond donors (Lipinski definition) is 1. The quantitative estimate of drug-likeness (QED) is 0.880. The number of methoxy groups -OCH3 is 1. The van der Waals surface area contributed by atoms with Crippen LogP contribution >= 0.6 is 0 Å². The van der Waals surface area contributed by atoms with Gasteiger partial charge in [0, 0.05) is 25.4 Å². The highest BCUT2D eigenvalue weighted by Crippen LogP contribution is 2.31. The summed E-state index contributed by atoms with van der Waals surface area (Å²) in [6.45, 7) is 4.63. The van der Waals surface area contributed by atoms with Gasteiger partial charge in [-0.25, -0.2) is 4.68 Å². The van der Waals surface area contributed by atoms with Crippen molar-refractivity contribution in [1.82, 2.24) is 19.6 Å². The van der Waals surface area contributed by atoms with Gasteiger partial charge in [0.2, 0.25) is 5.88 Å². The van der Waals surface area contributed by atoms with E-state index in [0.29, 0.717) is 11.4 Å². The fourth-order valence-electron chi connectivity index (χ4n) is 2.07. The smallest absolute Gasteiger partial charge is 0.217 e. The molecule has 2 aromatic rings. The van der Waals surface area contributed by atoms with Crippen molar-refractivity contribution in [3.05, 3.63) is 29.2 Å². The van der Waals surface area contributed by atoms with Crippen molar-refractivity contribution in [3.63, 3.8) is 0 Å². The van der Waals surface area contributed by atoms with Gasteiger partial charge in [0.05, 0.1) is 24.6 Å². The van der Waals surface area contributed by atoms with Crippen molar-refractivity contribution in [2.24, 2.45) is 7.05 Å². The summed E-state index contributed by atoms with van der Waals surface area (Å²) >= 11 is 0. The topological polar surface area (TPSA) is 65.1 Å². The molecule has 0 aliphatic carbocycles. The summed E-state index contributed by atoms with van der Waals surface area (Å²) in [4.78, 5) is 0. The summed E-state index contributed by atoms with van der Waals surface area (Å²) < 4.78 is 8.68. The van der Waals surface area contributed by atoms with E-state index in [1.54, 1.807) is 29.7 Å². The second-order valence-electron chi connectivity index (χ2n) is 4.16. The molecule has 0 aromatic carbocycles. The molecule has 0 spiro atoms. The van der Waals surface area contributed by atoms with E-state index in [4.69, 9.17) is 4.74 Å². The van der Waals surface area contributed by atoms with Gasteiger partial charge in [-0.15, -0.1) is 0 Å². The molecule has 0 bridgehead atoms. The second-order valence-corrected chi connectivity index (χ2v) is 4.16. The van der Waals surface area contributed by atoms with Gasteiger partial charge >= 0.3 is 0 Å². The third-order valence-electron chi connectivity index (χ3n) is 2.97. The van der Waals surface area contributed by atoms with Gasteiger partial charge in [-0.2, -0.15) is 10.2 Å². The number of rotatable bonds is 4. The monoisotopic (exact) mass is 250 g/mol. The average Bonchev–Trinajstić information content (AvgIpc) is 2.92. The van der Waals surface area contributed by atoms with E-state index in [1.165, 1.54) is 0 Å². The standard InChI is InChI=1S/C12H18N4O2/c1-5-16-7-9(6-13-16)11(17)10-8(2)14-15(3)12(10)18-4/h6-7,11,17H,5H2,1-4H3. The lowest BCUT2D eigenvalue weighted by Gasteiger charge is -2.10. The fraction of sp³-hybridized carbons (Fsp3) is 0.500. The molecule has 2 aromatic heterocycles. The molecule has 0 aliphatic rings. The van der Waals surface area contributed by atoms with Crippen LogP contribution in [-0.4, -0.2) is 31.8 Å². The van der Waals surface area contributed by atoms with Crippen LogP contribution < -0.4 is 4.74 Å². The minimum Gasteiger partial charge on any atom is -0.481 e. The Labute approximate surface area is 106 Å². The number of aromatic nitrogens is 4. The molecule has 0 saturated heterocycles. The van der Waals surface area contributed by atoms with Crippen LogP contribution in [-0.2, 0) is 13.6 Å². The fourth-order valence-corrected chi connectivity index (χ4v) is 2.07. The maximum Gasteiger partial charge on any atom is 0.217 e. The number of ether oxygens (including phenoxy) is 1. The first-order valence-corrected chi connectivity index (χ1v) is 5.86. The number of nitrogens with zero attached hydrogens (tertiary/aromatic N) is 4. The van der Waals surface area contributed by atoms with Crippen LogP contribution in [0, 0.1) is 6.92 Å². The van der Waals surface area contributed by atoms with Crippen LogP contribution in [0.2, 0.25) is 0 Å². The van der Waals surface area contributed by atoms with Crippen LogP contribution in [0.5, 0.6) is 5.88 Å². The zero-order valence-corrected chi connectivity index (χ0v) is 11.1. The summed E-state index contributed by atoms with van der Waals surface area (Å²) in [6.07, 6.45) is 2.73. The SMILES string of the molecule is CCn1cc(C(O)c2c(C)nn(C)c2OC)cn1. The molecule has 0 amide bonds. The highest BCUT2D eigenvalue weighted by molar-refractivity contribution is 5.38. The molecular weight excluding hydrogens is 232 g/mol. The first-order chi connectivity index (χ1) is 8.58. The summed E-state index contributed by atoms with van der Waals surface area (Å²) in [6, 6.07) is 0. The van der Waals surface area contributed by atoms with Gasteiger partial charge in [0.15, 0.2) is 0 Å². The van der Waals surface area contributed by atoms with Crippen LogP contribution in [0.4, 0.5) is 0 Å². The minimum absolute atomic E-state index is 0.573. The minimum atomic E-state index is -0.769. The Morgan fingerprint density at radius 1 is 1.50 bits per heavy atom. The summed E-state index contributed by atoms with van der Waals surface area (Å²) in [7, 11) is 3.36. The molecule has 2 heterocycles. The second kappa shape index (κ2) is 4.81. The van der Waals surface area contributed by atoms with Gasteiger partial charge in [-0.05, 0) is 13.8 Å². The molecule has 0 saturated carbocycles. The number of aliphatic hydroxyl groups is 1. The molecule has 1 unspecified atom stereocenters. The molecule has 1 atom stereocenters. The van der Waals surface area contributed by atoms with E-state index in [0.717, 1.165) is 17.8 Å². The average molecular weight is 250 g/mol. The van der Waals surface area contributed by atoms with Crippen LogP contribution in [0.15, 0.2) is 12.4 Å². The normalized spacial score (nSPS) is 12.7. The molecule has 6 nitrogen and oxygen atoms in total. The zero-order chi connectivity index (χ0) is 13.3. The highest BCUT2D eigenvalue weighted by atomic mass is 16.5. The largest absolute Gasteiger partial charge is 0.481 e. The van der Waals surface area contributed by atoms with Gasteiger partial charge in [-0.1, -0.05) is 0 Å². The van der Waals surface area contributed by atoms with Gasteiger partial charge in [0.25, 0.3) is 0 Å². The number of aliphatic hydroxyl groups excluding tert-OH is 1. The first-order valence-electron chi connectivity index (χ1n) is 5.86. The lowest BCUT2D eigenvalue weighted by atomic mass is 10.1. The predicted octanol–water partition coefficient (Wildman–Crippen LogP) is 1.04. The first kappa shape index (κ1) is 12.6. The van der Waals surface area contributed by atoms with E-state index in [1.807, 2.05) is 20.0 Å². The molecule has 2 rings (SSSR count). The van der Waals surface area contributed by atoms with E-state index in [2.05, 4.69) is 10.2 Å². The van der Waals surface area contributed by atoms with Crippen molar-refractivity contribution >= 4 is 0 Å². The third kappa shape index (κ3) is 1.99. The van der Waals surface area contributed by atoms with Crippen molar-refractivity contribution in [2.75, 3.05) is 7.11 Å². The number of aryl methyl sites for hydroxylation is 3.